The van der Waals surface area contributed by atoms with Crippen molar-refractivity contribution in [2.75, 3.05) is 26.1 Å². The lowest BCUT2D eigenvalue weighted by atomic mass is 9.93. The van der Waals surface area contributed by atoms with E-state index >= 15 is 0 Å². The van der Waals surface area contributed by atoms with Crippen LogP contribution >= 0.6 is 0 Å². The first-order valence-electron chi connectivity index (χ1n) is 15.2. The number of rotatable bonds is 4. The quantitative estimate of drug-likeness (QED) is 0.466. The Morgan fingerprint density at radius 2 is 1.88 bits per heavy atom. The number of hydrogen-bond donors (Lipinski definition) is 2. The van der Waals surface area contributed by atoms with Gasteiger partial charge in [0.15, 0.2) is 17.3 Å². The number of alkyl halides is 3. The second-order valence-corrected chi connectivity index (χ2v) is 9.32. The Morgan fingerprint density at radius 1 is 1.12 bits per heavy atom. The monoisotopic (exact) mass is 572 g/mol. The Balaban J connectivity index is 1.46. The van der Waals surface area contributed by atoms with E-state index in [-0.39, 0.29) is 21.0 Å². The third-order valence-corrected chi connectivity index (χ3v) is 6.63. The number of imidazole rings is 1. The predicted molar refractivity (Wildman–Crippen MR) is 133 cm³/mol. The highest BCUT2D eigenvalue weighted by atomic mass is 19.4. The molecule has 0 bridgehead atoms. The molecule has 0 spiro atoms. The first-order chi connectivity index (χ1) is 21.2. The van der Waals surface area contributed by atoms with Crippen LogP contribution in [-0.2, 0) is 4.79 Å². The number of carbonyl (C=O) groups is 2. The lowest BCUT2D eigenvalue weighted by Crippen LogP contribution is -2.54. The van der Waals surface area contributed by atoms with Gasteiger partial charge in [-0.2, -0.15) is 13.2 Å². The fourth-order valence-corrected chi connectivity index (χ4v) is 4.79. The second-order valence-electron chi connectivity index (χ2n) is 9.32. The molecule has 2 atom stereocenters. The third kappa shape index (κ3) is 5.65. The number of carbonyl (C=O) groups excluding carboxylic acids is 2. The Morgan fingerprint density at radius 3 is 2.60 bits per heavy atom. The lowest BCUT2D eigenvalue weighted by Gasteiger charge is -2.34. The molecule has 14 heteroatoms. The molecule has 2 fully saturated rings. The molecule has 2 aromatic heterocycles. The molecule has 4 heterocycles. The van der Waals surface area contributed by atoms with Gasteiger partial charge in [0.25, 0.3) is 0 Å². The third-order valence-electron chi connectivity index (χ3n) is 6.63. The summed E-state index contributed by atoms with van der Waals surface area (Å²) in [6.45, 7) is -8.65. The molecule has 0 aliphatic carbocycles. The van der Waals surface area contributed by atoms with Crippen LogP contribution in [0.15, 0.2) is 41.3 Å². The van der Waals surface area contributed by atoms with Crippen LogP contribution in [0.25, 0.3) is 11.2 Å². The van der Waals surface area contributed by atoms with Crippen LogP contribution in [-0.4, -0.2) is 74.6 Å². The number of benzene rings is 1. The van der Waals surface area contributed by atoms with E-state index in [0.717, 1.165) is 22.8 Å². The molecule has 3 amide bonds. The van der Waals surface area contributed by atoms with E-state index < -0.39 is 111 Å². The van der Waals surface area contributed by atoms with Crippen LogP contribution in [0.4, 0.5) is 26.7 Å². The predicted octanol–water partition coefficient (Wildman–Crippen LogP) is 3.69. The van der Waals surface area contributed by atoms with E-state index in [0.29, 0.717) is 0 Å². The molecule has 214 valence electrons. The van der Waals surface area contributed by atoms with Crippen molar-refractivity contribution in [1.29, 1.82) is 0 Å². The summed E-state index contributed by atoms with van der Waals surface area (Å²) >= 11 is 0. The molecule has 9 nitrogen and oxygen atoms in total. The van der Waals surface area contributed by atoms with Crippen molar-refractivity contribution >= 4 is 23.1 Å². The fraction of sp³-hybridized carbons (Fsp3) is 0.462. The smallest absolute Gasteiger partial charge is 0.331 e. The van der Waals surface area contributed by atoms with Crippen LogP contribution in [0.2, 0.25) is 0 Å². The van der Waals surface area contributed by atoms with Gasteiger partial charge in [-0.15, -0.1) is 0 Å². The molecule has 2 aliphatic heterocycles. The Hall–Kier alpha value is -3.97. The number of piperidine rings is 1. The normalized spacial score (nSPS) is 27.1. The topological polar surface area (TPSA) is 103 Å². The van der Waals surface area contributed by atoms with Gasteiger partial charge >= 0.3 is 17.9 Å². The number of nitrogens with zero attached hydrogens (tertiary/aromatic N) is 4. The molecule has 0 saturated carbocycles. The number of hydrogen-bond acceptors (Lipinski definition) is 4. The maximum Gasteiger partial charge on any atom is 0.406 e. The Bertz CT molecular complexity index is 1720. The van der Waals surface area contributed by atoms with E-state index in [2.05, 4.69) is 9.97 Å². The van der Waals surface area contributed by atoms with Gasteiger partial charge in [-0.3, -0.25) is 14.3 Å². The number of aromatic nitrogens is 3. The molecule has 3 aromatic rings. The number of halogens is 5. The van der Waals surface area contributed by atoms with Gasteiger partial charge in [-0.05, 0) is 49.4 Å². The maximum absolute atomic E-state index is 14.7. The summed E-state index contributed by atoms with van der Waals surface area (Å²) in [5.41, 5.74) is -0.921. The molecular formula is C26H27F5N6O3. The van der Waals surface area contributed by atoms with Gasteiger partial charge in [0, 0.05) is 45.9 Å². The largest absolute Gasteiger partial charge is 0.406 e. The molecule has 0 unspecified atom stereocenters. The number of nitrogens with one attached hydrogen (secondary N) is 2. The van der Waals surface area contributed by atoms with Crippen LogP contribution in [0, 0.1) is 11.6 Å². The van der Waals surface area contributed by atoms with Crippen molar-refractivity contribution in [3.05, 3.63) is 64.2 Å². The first-order valence-corrected chi connectivity index (χ1v) is 12.2. The number of likely N-dealkylation sites (tertiary alicyclic amines) is 2. The van der Waals surface area contributed by atoms with Gasteiger partial charge in [0.05, 0.1) is 5.52 Å². The van der Waals surface area contributed by atoms with Gasteiger partial charge in [0.2, 0.25) is 5.91 Å². The highest BCUT2D eigenvalue weighted by Gasteiger charge is 2.40. The lowest BCUT2D eigenvalue weighted by molar-refractivity contribution is -0.162. The van der Waals surface area contributed by atoms with Crippen molar-refractivity contribution in [3.63, 3.8) is 0 Å². The average molecular weight is 573 g/mol. The van der Waals surface area contributed by atoms with Gasteiger partial charge < -0.3 is 15.1 Å². The second kappa shape index (κ2) is 10.9. The Kier molecular flexibility index (Phi) is 5.68. The van der Waals surface area contributed by atoms with Gasteiger partial charge in [-0.1, -0.05) is 12.1 Å². The zero-order valence-corrected chi connectivity index (χ0v) is 20.6. The van der Waals surface area contributed by atoms with Crippen molar-refractivity contribution in [2.45, 2.75) is 49.8 Å². The summed E-state index contributed by atoms with van der Waals surface area (Å²) in [4.78, 5) is 46.3. The SMILES string of the molecule is [2H]C1([2H])C[C@@H](NC(=O)N2C([2H])([2H])CC(n3c(=O)[nH]c4ncccc43)CC2([2H])[2H])C(=O)N(CC(F)(F)F)C[C@@H]1c1cccc(F)c1F. The van der Waals surface area contributed by atoms with Gasteiger partial charge in [0.1, 0.15) is 12.6 Å². The standard InChI is InChI=1S/C26H27F5N6O3/c27-18-4-1-3-17(21(18)28)15-6-7-19(23(38)36(13-15)14-26(29,30)31)33-24(39)35-11-8-16(9-12-35)37-20-5-2-10-32-22(20)34-25(37)40/h1-5,10,15-16,19H,6-9,11-14H2,(H,33,39)(H,32,34,40)/t15-,19-/m1/s1/i6D2,11D2,12D2. The first kappa shape index (κ1) is 20.9. The number of pyridine rings is 1. The molecule has 1 aromatic carbocycles. The molecule has 2 N–H and O–H groups in total. The summed E-state index contributed by atoms with van der Waals surface area (Å²) in [5.74, 6) is -6.17. The number of amides is 3. The van der Waals surface area contributed by atoms with Crippen LogP contribution < -0.4 is 11.0 Å². The summed E-state index contributed by atoms with van der Waals surface area (Å²) < 4.78 is 122. The minimum absolute atomic E-state index is 0.125. The van der Waals surface area contributed by atoms with Crippen molar-refractivity contribution < 1.29 is 39.8 Å². The minimum atomic E-state index is -5.01. The number of H-pyrrole nitrogens is 1. The summed E-state index contributed by atoms with van der Waals surface area (Å²) in [6, 6.07) is 0.954. The zero-order chi connectivity index (χ0) is 34.0. The minimum Gasteiger partial charge on any atom is -0.331 e. The molecule has 5 rings (SSSR count). The molecular weight excluding hydrogens is 539 g/mol. The van der Waals surface area contributed by atoms with Crippen LogP contribution in [0.5, 0.6) is 0 Å². The van der Waals surface area contributed by atoms with Crippen LogP contribution in [0.3, 0.4) is 0 Å². The number of urea groups is 1. The van der Waals surface area contributed by atoms with E-state index in [1.54, 1.807) is 0 Å². The highest BCUT2D eigenvalue weighted by Crippen LogP contribution is 2.32. The molecule has 2 saturated heterocycles. The van der Waals surface area contributed by atoms with Crippen molar-refractivity contribution in [2.24, 2.45) is 0 Å². The van der Waals surface area contributed by atoms with E-state index in [1.807, 2.05) is 5.32 Å². The number of aromatic amines is 1. The molecule has 40 heavy (non-hydrogen) atoms. The van der Waals surface area contributed by atoms with Crippen LogP contribution in [0.1, 0.15) is 51.4 Å². The zero-order valence-electron chi connectivity index (χ0n) is 26.6. The highest BCUT2D eigenvalue weighted by molar-refractivity contribution is 5.87. The van der Waals surface area contributed by atoms with Gasteiger partial charge in [-0.25, -0.2) is 23.4 Å². The molecule has 0 radical (unpaired) electrons. The Labute approximate surface area is 233 Å². The average Bonchev–Trinajstić information content (AvgIpc) is 3.21. The van der Waals surface area contributed by atoms with E-state index in [9.17, 15) is 36.3 Å². The summed E-state index contributed by atoms with van der Waals surface area (Å²) in [6.07, 6.45) is -8.62. The summed E-state index contributed by atoms with van der Waals surface area (Å²) in [7, 11) is 0. The van der Waals surface area contributed by atoms with E-state index in [1.165, 1.54) is 18.3 Å². The number of fused-ring (bicyclic) bond motifs is 1. The molecule has 2 aliphatic rings. The van der Waals surface area contributed by atoms with E-state index in [4.69, 9.17) is 8.22 Å². The maximum atomic E-state index is 14.7. The van der Waals surface area contributed by atoms with Crippen molar-refractivity contribution in [1.82, 2.24) is 29.7 Å². The fourth-order valence-electron chi connectivity index (χ4n) is 4.79. The summed E-state index contributed by atoms with van der Waals surface area (Å²) in [5, 5.41) is 2.01. The van der Waals surface area contributed by atoms with Crippen molar-refractivity contribution in [3.8, 4) is 0 Å².